The molecular weight excluding hydrogens is 277 g/mol. The standard InChI is InChI=1S/C16H21F3N2/c1-3-4-5-6-7-12(2)21-14-8-9-15(16(17,18)19)13(10-14)11-20/h8-10,12,21H,3-7H2,1-2H3. The lowest BCUT2D eigenvalue weighted by Crippen LogP contribution is -2.15. The first-order valence-electron chi connectivity index (χ1n) is 7.26. The molecule has 5 heteroatoms. The smallest absolute Gasteiger partial charge is 0.383 e. The predicted octanol–water partition coefficient (Wildman–Crippen LogP) is 5.35. The van der Waals surface area contributed by atoms with E-state index < -0.39 is 11.7 Å². The first-order valence-corrected chi connectivity index (χ1v) is 7.26. The monoisotopic (exact) mass is 298 g/mol. The van der Waals surface area contributed by atoms with Gasteiger partial charge < -0.3 is 5.32 Å². The maximum Gasteiger partial charge on any atom is 0.417 e. The van der Waals surface area contributed by atoms with E-state index in [-0.39, 0.29) is 11.6 Å². The number of nitrogens with zero attached hydrogens (tertiary/aromatic N) is 1. The summed E-state index contributed by atoms with van der Waals surface area (Å²) in [4.78, 5) is 0. The summed E-state index contributed by atoms with van der Waals surface area (Å²) in [7, 11) is 0. The second kappa shape index (κ2) is 7.92. The van der Waals surface area contributed by atoms with Crippen LogP contribution in [0.2, 0.25) is 0 Å². The Morgan fingerprint density at radius 2 is 1.95 bits per heavy atom. The zero-order valence-electron chi connectivity index (χ0n) is 12.4. The number of nitrogens with one attached hydrogen (secondary N) is 1. The molecule has 0 bridgehead atoms. The lowest BCUT2D eigenvalue weighted by molar-refractivity contribution is -0.137. The number of unbranched alkanes of at least 4 members (excludes halogenated alkanes) is 3. The van der Waals surface area contributed by atoms with Gasteiger partial charge in [-0.25, -0.2) is 0 Å². The summed E-state index contributed by atoms with van der Waals surface area (Å²) in [6, 6.07) is 5.40. The molecule has 1 aromatic carbocycles. The first-order chi connectivity index (χ1) is 9.88. The van der Waals surface area contributed by atoms with Crippen LogP contribution in [0.15, 0.2) is 18.2 Å². The van der Waals surface area contributed by atoms with E-state index >= 15 is 0 Å². The van der Waals surface area contributed by atoms with Crippen LogP contribution < -0.4 is 5.32 Å². The molecule has 1 atom stereocenters. The highest BCUT2D eigenvalue weighted by Gasteiger charge is 2.33. The van der Waals surface area contributed by atoms with Crippen LogP contribution >= 0.6 is 0 Å². The molecular formula is C16H21F3N2. The van der Waals surface area contributed by atoms with Gasteiger partial charge in [-0.3, -0.25) is 0 Å². The molecule has 0 aliphatic carbocycles. The third kappa shape index (κ3) is 5.66. The first kappa shape index (κ1) is 17.4. The molecule has 0 spiro atoms. The summed E-state index contributed by atoms with van der Waals surface area (Å²) in [5.74, 6) is 0. The van der Waals surface area contributed by atoms with Gasteiger partial charge in [-0.2, -0.15) is 18.4 Å². The fourth-order valence-electron chi connectivity index (χ4n) is 2.21. The Morgan fingerprint density at radius 1 is 1.24 bits per heavy atom. The fourth-order valence-corrected chi connectivity index (χ4v) is 2.21. The van der Waals surface area contributed by atoms with Crippen molar-refractivity contribution in [2.75, 3.05) is 5.32 Å². The molecule has 21 heavy (non-hydrogen) atoms. The van der Waals surface area contributed by atoms with E-state index in [2.05, 4.69) is 12.2 Å². The van der Waals surface area contributed by atoms with Crippen molar-refractivity contribution in [3.05, 3.63) is 29.3 Å². The van der Waals surface area contributed by atoms with Crippen LogP contribution in [0.1, 0.15) is 57.1 Å². The molecule has 2 nitrogen and oxygen atoms in total. The molecule has 0 fully saturated rings. The van der Waals surface area contributed by atoms with Crippen LogP contribution in [-0.4, -0.2) is 6.04 Å². The van der Waals surface area contributed by atoms with Crippen molar-refractivity contribution >= 4 is 5.69 Å². The number of anilines is 1. The minimum atomic E-state index is -4.49. The highest BCUT2D eigenvalue weighted by atomic mass is 19.4. The van der Waals surface area contributed by atoms with Gasteiger partial charge in [-0.15, -0.1) is 0 Å². The molecule has 0 heterocycles. The van der Waals surface area contributed by atoms with E-state index in [0.29, 0.717) is 5.69 Å². The Morgan fingerprint density at radius 3 is 2.52 bits per heavy atom. The van der Waals surface area contributed by atoms with Crippen molar-refractivity contribution in [1.82, 2.24) is 0 Å². The molecule has 1 aromatic rings. The van der Waals surface area contributed by atoms with Gasteiger partial charge in [0.2, 0.25) is 0 Å². The minimum Gasteiger partial charge on any atom is -0.383 e. The fraction of sp³-hybridized carbons (Fsp3) is 0.562. The summed E-state index contributed by atoms with van der Waals surface area (Å²) < 4.78 is 38.1. The van der Waals surface area contributed by atoms with Crippen molar-refractivity contribution in [2.24, 2.45) is 0 Å². The largest absolute Gasteiger partial charge is 0.417 e. The quantitative estimate of drug-likeness (QED) is 0.689. The molecule has 116 valence electrons. The lowest BCUT2D eigenvalue weighted by atomic mass is 10.1. The van der Waals surface area contributed by atoms with Gasteiger partial charge in [0.15, 0.2) is 0 Å². The van der Waals surface area contributed by atoms with E-state index in [1.807, 2.05) is 6.92 Å². The molecule has 1 N–H and O–H groups in total. The molecule has 0 amide bonds. The average molecular weight is 298 g/mol. The normalized spacial score (nSPS) is 12.8. The zero-order valence-corrected chi connectivity index (χ0v) is 12.4. The Labute approximate surface area is 124 Å². The average Bonchev–Trinajstić information content (AvgIpc) is 2.42. The second-order valence-electron chi connectivity index (χ2n) is 5.26. The number of alkyl halides is 3. The highest BCUT2D eigenvalue weighted by Crippen LogP contribution is 2.33. The SMILES string of the molecule is CCCCCCC(C)Nc1ccc(C(F)(F)F)c(C#N)c1. The zero-order chi connectivity index (χ0) is 15.9. The molecule has 0 aliphatic rings. The molecule has 0 saturated carbocycles. The molecule has 0 aliphatic heterocycles. The van der Waals surface area contributed by atoms with Crippen LogP contribution in [0.5, 0.6) is 0 Å². The van der Waals surface area contributed by atoms with Crippen molar-refractivity contribution in [3.63, 3.8) is 0 Å². The summed E-state index contributed by atoms with van der Waals surface area (Å²) >= 11 is 0. The highest BCUT2D eigenvalue weighted by molar-refractivity contribution is 5.54. The van der Waals surface area contributed by atoms with Gasteiger partial charge in [-0.05, 0) is 31.5 Å². The van der Waals surface area contributed by atoms with E-state index in [1.165, 1.54) is 31.4 Å². The van der Waals surface area contributed by atoms with Gasteiger partial charge in [0.25, 0.3) is 0 Å². The lowest BCUT2D eigenvalue weighted by Gasteiger charge is -2.16. The van der Waals surface area contributed by atoms with Crippen LogP contribution in [-0.2, 0) is 6.18 Å². The number of halogens is 3. The summed E-state index contributed by atoms with van der Waals surface area (Å²) in [5, 5.41) is 12.0. The Hall–Kier alpha value is -1.70. The molecule has 0 aromatic heterocycles. The van der Waals surface area contributed by atoms with Crippen LogP contribution in [0.3, 0.4) is 0 Å². The van der Waals surface area contributed by atoms with Gasteiger partial charge in [0.05, 0.1) is 17.2 Å². The number of hydrogen-bond acceptors (Lipinski definition) is 2. The van der Waals surface area contributed by atoms with E-state index in [4.69, 9.17) is 5.26 Å². The second-order valence-corrected chi connectivity index (χ2v) is 5.26. The van der Waals surface area contributed by atoms with Crippen molar-refractivity contribution in [2.45, 2.75) is 58.2 Å². The summed E-state index contributed by atoms with van der Waals surface area (Å²) in [5.41, 5.74) is -0.667. The predicted molar refractivity (Wildman–Crippen MR) is 78.0 cm³/mol. The topological polar surface area (TPSA) is 35.8 Å². The number of nitriles is 1. The van der Waals surface area contributed by atoms with E-state index in [0.717, 1.165) is 18.9 Å². The van der Waals surface area contributed by atoms with Crippen molar-refractivity contribution in [3.8, 4) is 6.07 Å². The molecule has 1 unspecified atom stereocenters. The number of benzene rings is 1. The summed E-state index contributed by atoms with van der Waals surface area (Å²) in [6.45, 7) is 4.14. The Bertz CT molecular complexity index is 489. The third-order valence-corrected chi connectivity index (χ3v) is 3.35. The minimum absolute atomic E-state index is 0.171. The number of rotatable bonds is 7. The van der Waals surface area contributed by atoms with Gasteiger partial charge in [0.1, 0.15) is 0 Å². The maximum absolute atomic E-state index is 12.7. The van der Waals surface area contributed by atoms with Gasteiger partial charge >= 0.3 is 6.18 Å². The van der Waals surface area contributed by atoms with E-state index in [9.17, 15) is 13.2 Å². The number of hydrogen-bond donors (Lipinski definition) is 1. The van der Waals surface area contributed by atoms with Crippen LogP contribution in [0.4, 0.5) is 18.9 Å². The molecule has 1 rings (SSSR count). The molecule has 0 radical (unpaired) electrons. The summed E-state index contributed by atoms with van der Waals surface area (Å²) in [6.07, 6.45) is 1.10. The van der Waals surface area contributed by atoms with Crippen LogP contribution in [0.25, 0.3) is 0 Å². The van der Waals surface area contributed by atoms with E-state index in [1.54, 1.807) is 6.07 Å². The van der Waals surface area contributed by atoms with Gasteiger partial charge in [-0.1, -0.05) is 32.6 Å². The van der Waals surface area contributed by atoms with Crippen molar-refractivity contribution < 1.29 is 13.2 Å². The Balaban J connectivity index is 2.67. The van der Waals surface area contributed by atoms with Gasteiger partial charge in [0, 0.05) is 11.7 Å². The maximum atomic E-state index is 12.7. The third-order valence-electron chi connectivity index (χ3n) is 3.35. The molecule has 0 saturated heterocycles. The Kier molecular flexibility index (Phi) is 6.54. The van der Waals surface area contributed by atoms with Crippen molar-refractivity contribution in [1.29, 1.82) is 5.26 Å². The van der Waals surface area contributed by atoms with Crippen LogP contribution in [0, 0.1) is 11.3 Å².